The van der Waals surface area contributed by atoms with Crippen LogP contribution in [0.15, 0.2) is 60.7 Å². The second-order valence-electron chi connectivity index (χ2n) is 6.98. The molecular formula is C24H21N3O2. The molecule has 0 aliphatic rings. The Balaban J connectivity index is 1.68. The summed E-state index contributed by atoms with van der Waals surface area (Å²) in [6.45, 7) is 4.72. The summed E-state index contributed by atoms with van der Waals surface area (Å²) in [6, 6.07) is 19.1. The maximum Gasteiger partial charge on any atom is 0.336 e. The molecule has 0 radical (unpaired) electrons. The van der Waals surface area contributed by atoms with Crippen LogP contribution >= 0.6 is 0 Å². The minimum absolute atomic E-state index is 0.253. The Hall–Kier alpha value is -3.73. The Bertz CT molecular complexity index is 1220. The van der Waals surface area contributed by atoms with Gasteiger partial charge in [-0.15, -0.1) is 0 Å². The number of benzene rings is 2. The van der Waals surface area contributed by atoms with Gasteiger partial charge < -0.3 is 5.11 Å². The molecule has 4 aromatic rings. The molecule has 0 fully saturated rings. The first-order chi connectivity index (χ1) is 14.0. The van der Waals surface area contributed by atoms with Gasteiger partial charge in [-0.05, 0) is 43.7 Å². The average molecular weight is 383 g/mol. The van der Waals surface area contributed by atoms with Crippen LogP contribution in [0.1, 0.15) is 38.6 Å². The van der Waals surface area contributed by atoms with Crippen LogP contribution in [0, 0.1) is 13.8 Å². The topological polar surface area (TPSA) is 68.0 Å². The average Bonchev–Trinajstić information content (AvgIpc) is 2.99. The number of carboxylic acid groups (broad SMARTS) is 1. The van der Waals surface area contributed by atoms with Crippen molar-refractivity contribution < 1.29 is 9.90 Å². The van der Waals surface area contributed by atoms with E-state index in [1.807, 2.05) is 67.1 Å². The fourth-order valence-electron chi connectivity index (χ4n) is 3.49. The van der Waals surface area contributed by atoms with Gasteiger partial charge in [0.2, 0.25) is 0 Å². The van der Waals surface area contributed by atoms with Crippen molar-refractivity contribution in [3.8, 4) is 0 Å². The maximum atomic E-state index is 11.7. The summed E-state index contributed by atoms with van der Waals surface area (Å²) >= 11 is 0. The highest BCUT2D eigenvalue weighted by molar-refractivity contribution is 6.03. The number of pyridine rings is 1. The van der Waals surface area contributed by atoms with E-state index in [0.717, 1.165) is 17.0 Å². The van der Waals surface area contributed by atoms with Crippen molar-refractivity contribution in [2.45, 2.75) is 20.4 Å². The molecule has 2 aromatic carbocycles. The Morgan fingerprint density at radius 2 is 1.76 bits per heavy atom. The molecule has 2 aromatic heterocycles. The van der Waals surface area contributed by atoms with Crippen molar-refractivity contribution in [1.82, 2.24) is 14.8 Å². The normalized spacial score (nSPS) is 11.4. The highest BCUT2D eigenvalue weighted by atomic mass is 16.4. The smallest absolute Gasteiger partial charge is 0.336 e. The van der Waals surface area contributed by atoms with Gasteiger partial charge in [-0.3, -0.25) is 4.68 Å². The highest BCUT2D eigenvalue weighted by Crippen LogP contribution is 2.21. The lowest BCUT2D eigenvalue weighted by Crippen LogP contribution is -2.03. The Morgan fingerprint density at radius 1 is 1.03 bits per heavy atom. The number of para-hydroxylation sites is 1. The van der Waals surface area contributed by atoms with Gasteiger partial charge in [-0.2, -0.15) is 5.10 Å². The zero-order valence-electron chi connectivity index (χ0n) is 16.3. The number of aromatic nitrogens is 3. The molecule has 144 valence electrons. The van der Waals surface area contributed by atoms with Crippen LogP contribution in [0.25, 0.3) is 23.1 Å². The van der Waals surface area contributed by atoms with Crippen LogP contribution in [0.2, 0.25) is 0 Å². The quantitative estimate of drug-likeness (QED) is 0.529. The van der Waals surface area contributed by atoms with Crippen molar-refractivity contribution >= 4 is 29.0 Å². The van der Waals surface area contributed by atoms with E-state index >= 15 is 0 Å². The molecule has 0 spiro atoms. The lowest BCUT2D eigenvalue weighted by atomic mass is 10.1. The summed E-state index contributed by atoms with van der Waals surface area (Å²) in [5, 5.41) is 14.9. The van der Waals surface area contributed by atoms with E-state index < -0.39 is 5.97 Å². The third-order valence-electron chi connectivity index (χ3n) is 5.00. The number of carbonyl (C=O) groups is 1. The zero-order valence-corrected chi connectivity index (χ0v) is 16.3. The summed E-state index contributed by atoms with van der Waals surface area (Å²) in [5.41, 5.74) is 5.72. The third-order valence-corrected chi connectivity index (χ3v) is 5.00. The van der Waals surface area contributed by atoms with Gasteiger partial charge in [0.15, 0.2) is 0 Å². The lowest BCUT2D eigenvalue weighted by molar-refractivity contribution is 0.0699. The largest absolute Gasteiger partial charge is 0.478 e. The number of aromatic carboxylic acids is 1. The van der Waals surface area contributed by atoms with Gasteiger partial charge in [0.05, 0.1) is 29.0 Å². The molecule has 0 amide bonds. The minimum Gasteiger partial charge on any atom is -0.478 e. The number of aryl methyl sites for hydroxylation is 1. The fraction of sp³-hybridized carbons (Fsp3) is 0.125. The summed E-state index contributed by atoms with van der Waals surface area (Å²) in [5.74, 6) is -0.957. The van der Waals surface area contributed by atoms with Gasteiger partial charge in [0.25, 0.3) is 0 Å². The van der Waals surface area contributed by atoms with Gasteiger partial charge in [0.1, 0.15) is 0 Å². The molecule has 1 N–H and O–H groups in total. The monoisotopic (exact) mass is 383 g/mol. The number of hydrogen-bond donors (Lipinski definition) is 1. The molecular weight excluding hydrogens is 362 g/mol. The maximum absolute atomic E-state index is 11.7. The molecule has 5 nitrogen and oxygen atoms in total. The number of carboxylic acids is 1. The molecule has 0 atom stereocenters. The molecule has 2 heterocycles. The van der Waals surface area contributed by atoms with Crippen LogP contribution < -0.4 is 0 Å². The van der Waals surface area contributed by atoms with Gasteiger partial charge in [-0.1, -0.05) is 48.5 Å². The van der Waals surface area contributed by atoms with Gasteiger partial charge in [-0.25, -0.2) is 9.78 Å². The summed E-state index contributed by atoms with van der Waals surface area (Å²) in [6.07, 6.45) is 3.81. The first-order valence-electron chi connectivity index (χ1n) is 9.42. The van der Waals surface area contributed by atoms with E-state index in [9.17, 15) is 9.90 Å². The van der Waals surface area contributed by atoms with Crippen molar-refractivity contribution in [2.24, 2.45) is 0 Å². The van der Waals surface area contributed by atoms with E-state index in [0.29, 0.717) is 23.1 Å². The second kappa shape index (κ2) is 7.72. The molecule has 4 rings (SSSR count). The molecule has 0 unspecified atom stereocenters. The van der Waals surface area contributed by atoms with Crippen LogP contribution in [0.4, 0.5) is 0 Å². The van der Waals surface area contributed by atoms with Crippen LogP contribution in [0.3, 0.4) is 0 Å². The predicted octanol–water partition coefficient (Wildman–Crippen LogP) is 4.97. The van der Waals surface area contributed by atoms with Gasteiger partial charge in [0, 0.05) is 16.6 Å². The van der Waals surface area contributed by atoms with E-state index in [1.165, 1.54) is 5.56 Å². The summed E-state index contributed by atoms with van der Waals surface area (Å²) in [4.78, 5) is 16.3. The molecule has 5 heteroatoms. The zero-order chi connectivity index (χ0) is 20.4. The van der Waals surface area contributed by atoms with Crippen molar-refractivity contribution in [1.29, 1.82) is 0 Å². The second-order valence-corrected chi connectivity index (χ2v) is 6.98. The van der Waals surface area contributed by atoms with Crippen LogP contribution in [-0.4, -0.2) is 25.8 Å². The minimum atomic E-state index is -0.957. The number of rotatable bonds is 5. The van der Waals surface area contributed by atoms with Crippen molar-refractivity contribution in [3.63, 3.8) is 0 Å². The van der Waals surface area contributed by atoms with Gasteiger partial charge >= 0.3 is 5.97 Å². The molecule has 29 heavy (non-hydrogen) atoms. The summed E-state index contributed by atoms with van der Waals surface area (Å²) < 4.78 is 1.99. The third kappa shape index (κ3) is 3.80. The summed E-state index contributed by atoms with van der Waals surface area (Å²) in [7, 11) is 0. The van der Waals surface area contributed by atoms with E-state index in [-0.39, 0.29) is 5.56 Å². The number of fused-ring (bicyclic) bond motifs is 1. The first-order valence-corrected chi connectivity index (χ1v) is 9.42. The van der Waals surface area contributed by atoms with Crippen molar-refractivity contribution in [3.05, 3.63) is 94.4 Å². The van der Waals surface area contributed by atoms with E-state index in [4.69, 9.17) is 0 Å². The van der Waals surface area contributed by atoms with Crippen LogP contribution in [-0.2, 0) is 6.54 Å². The van der Waals surface area contributed by atoms with E-state index in [2.05, 4.69) is 22.2 Å². The number of nitrogens with zero attached hydrogens (tertiary/aromatic N) is 3. The Labute approximate surface area is 169 Å². The molecule has 0 bridgehead atoms. The lowest BCUT2D eigenvalue weighted by Gasteiger charge is -2.05. The van der Waals surface area contributed by atoms with E-state index in [1.54, 1.807) is 12.1 Å². The molecule has 0 aliphatic carbocycles. The molecule has 0 saturated heterocycles. The molecule has 0 aliphatic heterocycles. The first kappa shape index (κ1) is 18.6. The van der Waals surface area contributed by atoms with Crippen LogP contribution in [0.5, 0.6) is 0 Å². The molecule has 0 saturated carbocycles. The predicted molar refractivity (Wildman–Crippen MR) is 115 cm³/mol. The Kier molecular flexibility index (Phi) is 4.96. The standard InChI is InChI=1S/C24H21N3O2/c1-16-20(17(2)27(26-16)15-18-8-4-3-5-9-18)13-12-19-14-22(24(28)29)21-10-6-7-11-23(21)25-19/h3-14H,15H2,1-2H3,(H,28,29). The number of hydrogen-bond acceptors (Lipinski definition) is 3. The SMILES string of the molecule is Cc1nn(Cc2ccccc2)c(C)c1C=Cc1cc(C(=O)O)c2ccccc2n1. The van der Waals surface area contributed by atoms with Crippen molar-refractivity contribution in [2.75, 3.05) is 0 Å². The highest BCUT2D eigenvalue weighted by Gasteiger charge is 2.12. The fourth-order valence-corrected chi connectivity index (χ4v) is 3.49. The Morgan fingerprint density at radius 3 is 2.52 bits per heavy atom.